The molecule has 1 heterocycles. The third-order valence-electron chi connectivity index (χ3n) is 4.41. The number of halogens is 1. The quantitative estimate of drug-likeness (QED) is 0.699. The summed E-state index contributed by atoms with van der Waals surface area (Å²) in [5.74, 6) is -0.0903. The predicted octanol–water partition coefficient (Wildman–Crippen LogP) is 4.39. The second-order valence-corrected chi connectivity index (χ2v) is 6.11. The SMILES string of the molecule is CCN(CC)C(=O)c1cc(-c2ccc(F)cc2)cc2c(=O)cc(C)oc12. The van der Waals surface area contributed by atoms with Crippen molar-refractivity contribution in [2.45, 2.75) is 20.8 Å². The highest BCUT2D eigenvalue weighted by Gasteiger charge is 2.20. The summed E-state index contributed by atoms with van der Waals surface area (Å²) in [5.41, 5.74) is 1.82. The maximum Gasteiger partial charge on any atom is 0.257 e. The van der Waals surface area contributed by atoms with E-state index in [9.17, 15) is 14.0 Å². The second-order valence-electron chi connectivity index (χ2n) is 6.11. The summed E-state index contributed by atoms with van der Waals surface area (Å²) in [5, 5.41) is 0.341. The molecule has 0 radical (unpaired) electrons. The number of hydrogen-bond donors (Lipinski definition) is 0. The molecule has 0 saturated heterocycles. The molecule has 0 aliphatic rings. The molecule has 5 heteroatoms. The first-order chi connectivity index (χ1) is 12.4. The van der Waals surface area contributed by atoms with Crippen molar-refractivity contribution < 1.29 is 13.6 Å². The summed E-state index contributed by atoms with van der Waals surface area (Å²) in [6.07, 6.45) is 0. The van der Waals surface area contributed by atoms with E-state index in [2.05, 4.69) is 0 Å². The molecule has 0 bridgehead atoms. The van der Waals surface area contributed by atoms with Crippen LogP contribution in [0.1, 0.15) is 30.0 Å². The van der Waals surface area contributed by atoms with Crippen LogP contribution in [0.5, 0.6) is 0 Å². The summed E-state index contributed by atoms with van der Waals surface area (Å²) >= 11 is 0. The fourth-order valence-electron chi connectivity index (χ4n) is 3.02. The number of carbonyl (C=O) groups is 1. The van der Waals surface area contributed by atoms with Gasteiger partial charge in [0.15, 0.2) is 11.0 Å². The molecule has 0 aliphatic heterocycles. The number of carbonyl (C=O) groups excluding carboxylic acids is 1. The van der Waals surface area contributed by atoms with Crippen LogP contribution in [0.25, 0.3) is 22.1 Å². The number of nitrogens with zero attached hydrogens (tertiary/aromatic N) is 1. The van der Waals surface area contributed by atoms with Crippen LogP contribution in [-0.4, -0.2) is 23.9 Å². The van der Waals surface area contributed by atoms with Crippen LogP contribution in [0, 0.1) is 12.7 Å². The molecule has 1 amide bonds. The molecular weight excluding hydrogens is 333 g/mol. The van der Waals surface area contributed by atoms with Gasteiger partial charge in [-0.15, -0.1) is 0 Å². The topological polar surface area (TPSA) is 50.5 Å². The van der Waals surface area contributed by atoms with Crippen LogP contribution < -0.4 is 5.43 Å². The van der Waals surface area contributed by atoms with E-state index in [0.717, 1.165) is 5.56 Å². The predicted molar refractivity (Wildman–Crippen MR) is 99.9 cm³/mol. The van der Waals surface area contributed by atoms with Crippen LogP contribution in [0.15, 0.2) is 51.7 Å². The first-order valence-corrected chi connectivity index (χ1v) is 8.58. The molecule has 4 nitrogen and oxygen atoms in total. The molecule has 0 spiro atoms. The van der Waals surface area contributed by atoms with Crippen LogP contribution in [0.3, 0.4) is 0 Å². The molecule has 0 unspecified atom stereocenters. The number of benzene rings is 2. The van der Waals surface area contributed by atoms with Crippen LogP contribution in [-0.2, 0) is 0 Å². The average Bonchev–Trinajstić information content (AvgIpc) is 2.62. The van der Waals surface area contributed by atoms with E-state index in [4.69, 9.17) is 4.42 Å². The number of hydrogen-bond acceptors (Lipinski definition) is 3. The van der Waals surface area contributed by atoms with E-state index >= 15 is 0 Å². The van der Waals surface area contributed by atoms with Gasteiger partial charge in [-0.3, -0.25) is 9.59 Å². The van der Waals surface area contributed by atoms with Gasteiger partial charge in [0.2, 0.25) is 0 Å². The monoisotopic (exact) mass is 353 g/mol. The molecule has 0 fully saturated rings. The number of amides is 1. The zero-order valence-electron chi connectivity index (χ0n) is 15.0. The first-order valence-electron chi connectivity index (χ1n) is 8.58. The van der Waals surface area contributed by atoms with Gasteiger partial charge in [0.1, 0.15) is 11.6 Å². The van der Waals surface area contributed by atoms with Crippen LogP contribution in [0.4, 0.5) is 4.39 Å². The molecule has 0 saturated carbocycles. The number of aryl methyl sites for hydroxylation is 1. The molecule has 3 rings (SSSR count). The van der Waals surface area contributed by atoms with Crippen molar-refractivity contribution in [2.24, 2.45) is 0 Å². The van der Waals surface area contributed by atoms with Gasteiger partial charge < -0.3 is 9.32 Å². The van der Waals surface area contributed by atoms with Crippen molar-refractivity contribution >= 4 is 16.9 Å². The van der Waals surface area contributed by atoms with E-state index in [1.54, 1.807) is 36.1 Å². The normalized spacial score (nSPS) is 10.9. The third kappa shape index (κ3) is 3.25. The largest absolute Gasteiger partial charge is 0.460 e. The highest BCUT2D eigenvalue weighted by Crippen LogP contribution is 2.28. The van der Waals surface area contributed by atoms with Gasteiger partial charge in [0.05, 0.1) is 10.9 Å². The summed E-state index contributed by atoms with van der Waals surface area (Å²) in [6, 6.07) is 10.7. The van der Waals surface area contributed by atoms with Crippen molar-refractivity contribution in [2.75, 3.05) is 13.1 Å². The van der Waals surface area contributed by atoms with Gasteiger partial charge in [-0.05, 0) is 56.2 Å². The molecule has 134 valence electrons. The van der Waals surface area contributed by atoms with Gasteiger partial charge in [-0.1, -0.05) is 12.1 Å². The minimum atomic E-state index is -0.343. The minimum absolute atomic E-state index is 0.197. The zero-order valence-corrected chi connectivity index (χ0v) is 15.0. The van der Waals surface area contributed by atoms with E-state index in [1.807, 2.05) is 13.8 Å². The number of rotatable bonds is 4. The molecule has 1 aromatic heterocycles. The smallest absolute Gasteiger partial charge is 0.257 e. The summed E-state index contributed by atoms with van der Waals surface area (Å²) < 4.78 is 19.0. The fourth-order valence-corrected chi connectivity index (χ4v) is 3.02. The van der Waals surface area contributed by atoms with Gasteiger partial charge in [0, 0.05) is 19.2 Å². The van der Waals surface area contributed by atoms with E-state index in [0.29, 0.717) is 35.4 Å². The summed E-state index contributed by atoms with van der Waals surface area (Å²) in [6.45, 7) is 6.57. The minimum Gasteiger partial charge on any atom is -0.460 e. The summed E-state index contributed by atoms with van der Waals surface area (Å²) in [4.78, 5) is 27.1. The Bertz CT molecular complexity index is 1020. The third-order valence-corrected chi connectivity index (χ3v) is 4.41. The Morgan fingerprint density at radius 1 is 1.04 bits per heavy atom. The van der Waals surface area contributed by atoms with Crippen molar-refractivity contribution in [3.63, 3.8) is 0 Å². The van der Waals surface area contributed by atoms with Gasteiger partial charge >= 0.3 is 0 Å². The molecule has 0 aliphatic carbocycles. The average molecular weight is 353 g/mol. The lowest BCUT2D eigenvalue weighted by molar-refractivity contribution is 0.0774. The molecule has 26 heavy (non-hydrogen) atoms. The van der Waals surface area contributed by atoms with Gasteiger partial charge in [0.25, 0.3) is 5.91 Å². The molecule has 3 aromatic rings. The van der Waals surface area contributed by atoms with Crippen LogP contribution in [0.2, 0.25) is 0 Å². The van der Waals surface area contributed by atoms with Gasteiger partial charge in [-0.25, -0.2) is 4.39 Å². The molecule has 2 aromatic carbocycles. The molecule has 0 N–H and O–H groups in total. The van der Waals surface area contributed by atoms with Crippen molar-refractivity contribution in [1.29, 1.82) is 0 Å². The lowest BCUT2D eigenvalue weighted by Crippen LogP contribution is -2.30. The van der Waals surface area contributed by atoms with E-state index in [-0.39, 0.29) is 22.7 Å². The Morgan fingerprint density at radius 3 is 2.31 bits per heavy atom. The van der Waals surface area contributed by atoms with Crippen molar-refractivity contribution in [3.8, 4) is 11.1 Å². The maximum absolute atomic E-state index is 13.2. The second kappa shape index (κ2) is 7.12. The Balaban J connectivity index is 2.31. The highest BCUT2D eigenvalue weighted by molar-refractivity contribution is 6.06. The zero-order chi connectivity index (χ0) is 18.8. The molecular formula is C21H20FNO3. The lowest BCUT2D eigenvalue weighted by Gasteiger charge is -2.20. The standard InChI is InChI=1S/C21H20FNO3/c1-4-23(5-2)21(25)18-12-15(14-6-8-16(22)9-7-14)11-17-19(24)10-13(3)26-20(17)18/h6-12H,4-5H2,1-3H3. The van der Waals surface area contributed by atoms with Gasteiger partial charge in [-0.2, -0.15) is 0 Å². The maximum atomic E-state index is 13.2. The van der Waals surface area contributed by atoms with Crippen molar-refractivity contribution in [3.05, 3.63) is 69.8 Å². The Hall–Kier alpha value is -2.95. The van der Waals surface area contributed by atoms with Crippen LogP contribution >= 0.6 is 0 Å². The van der Waals surface area contributed by atoms with Crippen molar-refractivity contribution in [1.82, 2.24) is 4.90 Å². The molecule has 0 atom stereocenters. The Morgan fingerprint density at radius 2 is 1.69 bits per heavy atom. The van der Waals surface area contributed by atoms with E-state index in [1.165, 1.54) is 18.2 Å². The Kier molecular flexibility index (Phi) is 4.89. The lowest BCUT2D eigenvalue weighted by atomic mass is 9.99. The highest BCUT2D eigenvalue weighted by atomic mass is 19.1. The fraction of sp³-hybridized carbons (Fsp3) is 0.238. The number of fused-ring (bicyclic) bond motifs is 1. The Labute approximate surface area is 150 Å². The summed E-state index contributed by atoms with van der Waals surface area (Å²) in [7, 11) is 0. The first kappa shape index (κ1) is 17.9. The van der Waals surface area contributed by atoms with E-state index < -0.39 is 0 Å².